The monoisotopic (exact) mass is 353 g/mol. The molecule has 4 aliphatic carbocycles. The molecule has 4 amide bonds. The molecule has 1 aromatic rings. The molecule has 2 heterocycles. The third-order valence-corrected chi connectivity index (χ3v) is 6.80. The summed E-state index contributed by atoms with van der Waals surface area (Å²) < 4.78 is 0. The van der Waals surface area contributed by atoms with Gasteiger partial charge in [0.05, 0.1) is 17.8 Å². The van der Waals surface area contributed by atoms with E-state index < -0.39 is 23.4 Å². The molecule has 0 N–H and O–H groups in total. The van der Waals surface area contributed by atoms with Crippen molar-refractivity contribution in [3.05, 3.63) is 29.6 Å². The quantitative estimate of drug-likeness (QED) is 0.619. The molecule has 6 nitrogen and oxygen atoms in total. The summed E-state index contributed by atoms with van der Waals surface area (Å²) in [5.74, 6) is 0.469. The van der Waals surface area contributed by atoms with E-state index in [1.54, 1.807) is 6.07 Å². The van der Waals surface area contributed by atoms with E-state index in [-0.39, 0.29) is 6.54 Å². The summed E-state index contributed by atoms with van der Waals surface area (Å²) >= 11 is 0. The highest BCUT2D eigenvalue weighted by Crippen LogP contribution is 2.58. The number of hydrogen-bond donors (Lipinski definition) is 0. The molecule has 0 radical (unpaired) electrons. The van der Waals surface area contributed by atoms with Crippen molar-refractivity contribution in [1.82, 2.24) is 14.8 Å². The fourth-order valence-corrected chi connectivity index (χ4v) is 6.25. The molecule has 0 spiro atoms. The van der Waals surface area contributed by atoms with Crippen LogP contribution in [0.5, 0.6) is 0 Å². The van der Waals surface area contributed by atoms with E-state index in [9.17, 15) is 14.4 Å². The maximum Gasteiger partial charge on any atom is 0.335 e. The van der Waals surface area contributed by atoms with Crippen LogP contribution in [0.4, 0.5) is 4.79 Å². The summed E-state index contributed by atoms with van der Waals surface area (Å²) in [5.41, 5.74) is 1.03. The van der Waals surface area contributed by atoms with Crippen molar-refractivity contribution >= 4 is 17.8 Å². The summed E-state index contributed by atoms with van der Waals surface area (Å²) in [6, 6.07) is 5.06. The van der Waals surface area contributed by atoms with E-state index in [0.29, 0.717) is 23.4 Å². The van der Waals surface area contributed by atoms with Crippen molar-refractivity contribution in [3.63, 3.8) is 0 Å². The average Bonchev–Trinajstić information content (AvgIpc) is 2.78. The first-order valence-corrected chi connectivity index (χ1v) is 9.58. The van der Waals surface area contributed by atoms with Crippen LogP contribution in [0.3, 0.4) is 0 Å². The lowest BCUT2D eigenvalue weighted by atomic mass is 9.52. The first-order chi connectivity index (χ1) is 12.4. The molecule has 26 heavy (non-hydrogen) atoms. The Morgan fingerprint density at radius 2 is 1.62 bits per heavy atom. The second kappa shape index (κ2) is 5.38. The molecule has 4 bridgehead atoms. The molecule has 6 rings (SSSR count). The molecule has 1 saturated heterocycles. The predicted octanol–water partition coefficient (Wildman–Crippen LogP) is 2.65. The highest BCUT2D eigenvalue weighted by Gasteiger charge is 2.60. The Kier molecular flexibility index (Phi) is 3.30. The van der Waals surface area contributed by atoms with Crippen LogP contribution in [-0.2, 0) is 16.1 Å². The molecule has 5 aliphatic rings. The van der Waals surface area contributed by atoms with E-state index >= 15 is 0 Å². The number of aryl methyl sites for hydroxylation is 1. The number of carbonyl (C=O) groups is 3. The van der Waals surface area contributed by atoms with Gasteiger partial charge in [0.15, 0.2) is 0 Å². The van der Waals surface area contributed by atoms with Crippen molar-refractivity contribution in [2.45, 2.75) is 57.5 Å². The van der Waals surface area contributed by atoms with Crippen LogP contribution >= 0.6 is 0 Å². The highest BCUT2D eigenvalue weighted by atomic mass is 16.2. The first kappa shape index (κ1) is 16.0. The number of urea groups is 1. The fourth-order valence-electron chi connectivity index (χ4n) is 6.25. The Balaban J connectivity index is 1.45. The number of aromatic nitrogens is 1. The highest BCUT2D eigenvalue weighted by molar-refractivity contribution is 6.44. The SMILES string of the molecule is Cc1cccc(CN2C(=O)C(=O)N(C34CC5CC(CC(C5)C3)C4)C2=O)n1. The number of hydrogen-bond acceptors (Lipinski definition) is 4. The van der Waals surface area contributed by atoms with Gasteiger partial charge >= 0.3 is 17.8 Å². The number of pyridine rings is 1. The zero-order chi connectivity index (χ0) is 18.1. The Morgan fingerprint density at radius 1 is 1.00 bits per heavy atom. The lowest BCUT2D eigenvalue weighted by Gasteiger charge is -2.58. The Bertz CT molecular complexity index is 783. The molecule has 6 heteroatoms. The third kappa shape index (κ3) is 2.24. The minimum atomic E-state index is -0.700. The Labute approximate surface area is 152 Å². The zero-order valence-corrected chi connectivity index (χ0v) is 15.0. The Hall–Kier alpha value is -2.24. The van der Waals surface area contributed by atoms with E-state index in [1.165, 1.54) is 24.2 Å². The standard InChI is InChI=1S/C20H23N3O3/c1-12-3-2-4-16(21-12)11-22-17(24)18(25)23(19(22)26)20-8-13-5-14(9-20)7-15(6-13)10-20/h2-4,13-15H,5-11H2,1H3. The molecule has 0 unspecified atom stereocenters. The number of nitrogens with zero attached hydrogens (tertiary/aromatic N) is 3. The molecule has 0 atom stereocenters. The number of imide groups is 2. The second-order valence-corrected chi connectivity index (χ2v) is 8.73. The fraction of sp³-hybridized carbons (Fsp3) is 0.600. The van der Waals surface area contributed by atoms with E-state index in [1.807, 2.05) is 19.1 Å². The van der Waals surface area contributed by atoms with Gasteiger partial charge in [0.2, 0.25) is 0 Å². The van der Waals surface area contributed by atoms with E-state index in [2.05, 4.69) is 4.98 Å². The van der Waals surface area contributed by atoms with E-state index in [4.69, 9.17) is 0 Å². The van der Waals surface area contributed by atoms with Crippen LogP contribution in [0, 0.1) is 24.7 Å². The molecule has 0 aromatic carbocycles. The zero-order valence-electron chi connectivity index (χ0n) is 15.0. The van der Waals surface area contributed by atoms with Gasteiger partial charge in [0.1, 0.15) is 0 Å². The maximum atomic E-state index is 13.1. The number of rotatable bonds is 3. The summed E-state index contributed by atoms with van der Waals surface area (Å²) in [6.45, 7) is 1.93. The third-order valence-electron chi connectivity index (χ3n) is 6.80. The minimum Gasteiger partial charge on any atom is -0.263 e. The second-order valence-electron chi connectivity index (χ2n) is 8.73. The average molecular weight is 353 g/mol. The van der Waals surface area contributed by atoms with Crippen LogP contribution in [0.15, 0.2) is 18.2 Å². The summed E-state index contributed by atoms with van der Waals surface area (Å²) in [5, 5.41) is 0. The Morgan fingerprint density at radius 3 is 2.19 bits per heavy atom. The largest absolute Gasteiger partial charge is 0.335 e. The smallest absolute Gasteiger partial charge is 0.263 e. The minimum absolute atomic E-state index is 0.0634. The van der Waals surface area contributed by atoms with Crippen LogP contribution in [0.25, 0.3) is 0 Å². The molecule has 1 aromatic heterocycles. The molecule has 5 fully saturated rings. The van der Waals surface area contributed by atoms with Gasteiger partial charge in [-0.25, -0.2) is 14.6 Å². The van der Waals surface area contributed by atoms with Crippen LogP contribution < -0.4 is 0 Å². The van der Waals surface area contributed by atoms with Crippen LogP contribution in [0.1, 0.15) is 49.9 Å². The van der Waals surface area contributed by atoms with Gasteiger partial charge in [-0.05, 0) is 75.3 Å². The van der Waals surface area contributed by atoms with E-state index in [0.717, 1.165) is 29.9 Å². The maximum absolute atomic E-state index is 13.1. The summed E-state index contributed by atoms with van der Waals surface area (Å²) in [6.07, 6.45) is 6.29. The molecular weight excluding hydrogens is 330 g/mol. The molecular formula is C20H23N3O3. The van der Waals surface area contributed by atoms with Crippen molar-refractivity contribution in [2.24, 2.45) is 17.8 Å². The van der Waals surface area contributed by atoms with Crippen molar-refractivity contribution in [3.8, 4) is 0 Å². The molecule has 136 valence electrons. The summed E-state index contributed by atoms with van der Waals surface area (Å²) in [7, 11) is 0. The van der Waals surface area contributed by atoms with Gasteiger partial charge in [-0.3, -0.25) is 14.6 Å². The topological polar surface area (TPSA) is 70.6 Å². The number of carbonyl (C=O) groups excluding carboxylic acids is 3. The van der Waals surface area contributed by atoms with Crippen molar-refractivity contribution in [2.75, 3.05) is 0 Å². The van der Waals surface area contributed by atoms with Gasteiger partial charge < -0.3 is 0 Å². The van der Waals surface area contributed by atoms with Gasteiger partial charge in [-0.15, -0.1) is 0 Å². The van der Waals surface area contributed by atoms with Gasteiger partial charge in [0, 0.05) is 5.69 Å². The first-order valence-electron chi connectivity index (χ1n) is 9.58. The lowest BCUT2D eigenvalue weighted by Crippen LogP contribution is -2.61. The van der Waals surface area contributed by atoms with Crippen molar-refractivity contribution in [1.29, 1.82) is 0 Å². The normalized spacial score (nSPS) is 35.7. The summed E-state index contributed by atoms with van der Waals surface area (Å²) in [4.78, 5) is 45.3. The van der Waals surface area contributed by atoms with Gasteiger partial charge in [0.25, 0.3) is 0 Å². The number of amides is 4. The van der Waals surface area contributed by atoms with Gasteiger partial charge in [-0.2, -0.15) is 0 Å². The van der Waals surface area contributed by atoms with Crippen LogP contribution in [0.2, 0.25) is 0 Å². The molecule has 1 aliphatic heterocycles. The predicted molar refractivity (Wildman–Crippen MR) is 92.7 cm³/mol. The molecule has 4 saturated carbocycles. The van der Waals surface area contributed by atoms with Crippen LogP contribution in [-0.4, -0.2) is 38.2 Å². The van der Waals surface area contributed by atoms with Crippen molar-refractivity contribution < 1.29 is 14.4 Å². The van der Waals surface area contributed by atoms with Gasteiger partial charge in [-0.1, -0.05) is 6.07 Å². The lowest BCUT2D eigenvalue weighted by molar-refractivity contribution is -0.150.